The van der Waals surface area contributed by atoms with Crippen molar-refractivity contribution in [3.8, 4) is 0 Å². The maximum Gasteiger partial charge on any atom is 0.327 e. The Balaban J connectivity index is 2.01. The molecule has 0 fully saturated rings. The largest absolute Gasteiger partial charge is 0.628 e. The van der Waals surface area contributed by atoms with Crippen molar-refractivity contribution in [2.45, 2.75) is 18.9 Å². The van der Waals surface area contributed by atoms with E-state index >= 15 is 0 Å². The second kappa shape index (κ2) is 5.06. The Morgan fingerprint density at radius 1 is 1.10 bits per heavy atom. The first-order valence-corrected chi connectivity index (χ1v) is 6.76. The number of aryl methyl sites for hydroxylation is 1. The van der Waals surface area contributed by atoms with Gasteiger partial charge in [-0.1, -0.05) is 35.9 Å². The normalized spacial score (nSPS) is 21.1. The lowest BCUT2D eigenvalue weighted by molar-refractivity contribution is -0.813. The Morgan fingerprint density at radius 3 is 2.62 bits per heavy atom. The van der Waals surface area contributed by atoms with Gasteiger partial charge in [0.2, 0.25) is 0 Å². The van der Waals surface area contributed by atoms with Crippen LogP contribution in [0.25, 0.3) is 6.08 Å². The summed E-state index contributed by atoms with van der Waals surface area (Å²) in [7, 11) is 0. The smallest absolute Gasteiger partial charge is 0.327 e. The molecule has 0 radical (unpaired) electrons. The van der Waals surface area contributed by atoms with Gasteiger partial charge in [0.05, 0.1) is 0 Å². The van der Waals surface area contributed by atoms with Crippen LogP contribution in [0.15, 0.2) is 54.6 Å². The zero-order chi connectivity index (χ0) is 15.0. The number of hydrogen-bond acceptors (Lipinski definition) is 1. The van der Waals surface area contributed by atoms with E-state index in [9.17, 15) is 14.0 Å². The van der Waals surface area contributed by atoms with Crippen LogP contribution in [0.4, 0.5) is 14.5 Å². The van der Waals surface area contributed by atoms with Gasteiger partial charge in [-0.3, -0.25) is 0 Å². The van der Waals surface area contributed by atoms with Crippen LogP contribution in [0.1, 0.15) is 16.7 Å². The summed E-state index contributed by atoms with van der Waals surface area (Å²) in [5, 5.41) is 11.9. The van der Waals surface area contributed by atoms with Gasteiger partial charge < -0.3 is 10.3 Å². The number of nitrogens with one attached hydrogen (secondary N) is 1. The van der Waals surface area contributed by atoms with Gasteiger partial charge in [0, 0.05) is 11.1 Å². The molecule has 2 unspecified atom stereocenters. The van der Waals surface area contributed by atoms with E-state index in [1.54, 1.807) is 49.4 Å². The fourth-order valence-electron chi connectivity index (χ4n) is 2.64. The number of benzene rings is 2. The lowest BCUT2D eigenvalue weighted by Gasteiger charge is -2.37. The van der Waals surface area contributed by atoms with Crippen molar-refractivity contribution in [3.63, 3.8) is 0 Å². The first-order chi connectivity index (χ1) is 10.00. The van der Waals surface area contributed by atoms with Gasteiger partial charge in [-0.2, -0.15) is 8.78 Å². The van der Waals surface area contributed by atoms with Crippen molar-refractivity contribution in [3.05, 3.63) is 76.5 Å². The van der Waals surface area contributed by atoms with Gasteiger partial charge in [-0.25, -0.2) is 0 Å². The van der Waals surface area contributed by atoms with Gasteiger partial charge in [0.15, 0.2) is 6.04 Å². The summed E-state index contributed by atoms with van der Waals surface area (Å²) in [6, 6.07) is 11.5. The molecule has 1 aliphatic rings. The third-order valence-electron chi connectivity index (χ3n) is 3.77. The van der Waals surface area contributed by atoms with E-state index in [1.165, 1.54) is 18.2 Å². The molecule has 0 saturated carbocycles. The second-order valence-corrected chi connectivity index (χ2v) is 5.28. The summed E-state index contributed by atoms with van der Waals surface area (Å²) >= 11 is 0. The summed E-state index contributed by atoms with van der Waals surface area (Å²) in [6.07, 6.45) is 2.91. The van der Waals surface area contributed by atoms with Crippen LogP contribution < -0.4 is 5.06 Å². The highest BCUT2D eigenvalue weighted by molar-refractivity contribution is 5.63. The minimum Gasteiger partial charge on any atom is -0.628 e. The fourth-order valence-corrected chi connectivity index (χ4v) is 2.64. The minimum absolute atomic E-state index is 0.120. The molecule has 21 heavy (non-hydrogen) atoms. The molecule has 1 aliphatic heterocycles. The Morgan fingerprint density at radius 2 is 1.86 bits per heavy atom. The van der Waals surface area contributed by atoms with E-state index in [1.807, 2.05) is 0 Å². The Labute approximate surface area is 121 Å². The van der Waals surface area contributed by atoms with Crippen molar-refractivity contribution >= 4 is 11.8 Å². The van der Waals surface area contributed by atoms with Crippen molar-refractivity contribution in [1.82, 2.24) is 0 Å². The number of rotatable bonds is 2. The van der Waals surface area contributed by atoms with E-state index in [2.05, 4.69) is 0 Å². The van der Waals surface area contributed by atoms with E-state index in [4.69, 9.17) is 0 Å². The molecule has 0 saturated heterocycles. The molecular weight excluding hydrogens is 272 g/mol. The van der Waals surface area contributed by atoms with Crippen molar-refractivity contribution in [2.75, 3.05) is 0 Å². The monoisotopic (exact) mass is 287 g/mol. The first-order valence-electron chi connectivity index (χ1n) is 6.76. The molecule has 108 valence electrons. The molecule has 3 rings (SSSR count). The Hall–Kier alpha value is -2.04. The van der Waals surface area contributed by atoms with Gasteiger partial charge >= 0.3 is 5.92 Å². The van der Waals surface area contributed by atoms with Crippen molar-refractivity contribution < 1.29 is 13.8 Å². The molecular formula is C17H15F2NO. The molecule has 0 bridgehead atoms. The predicted octanol–water partition coefficient (Wildman–Crippen LogP) is 3.20. The highest BCUT2D eigenvalue weighted by Gasteiger charge is 2.46. The van der Waals surface area contributed by atoms with Crippen LogP contribution in [-0.2, 0) is 5.92 Å². The highest BCUT2D eigenvalue weighted by atomic mass is 19.3. The number of alkyl halides is 2. The van der Waals surface area contributed by atoms with Crippen LogP contribution in [0.3, 0.4) is 0 Å². The van der Waals surface area contributed by atoms with Crippen molar-refractivity contribution in [1.29, 1.82) is 0 Å². The maximum atomic E-state index is 14.7. The lowest BCUT2D eigenvalue weighted by atomic mass is 9.95. The molecule has 1 N–H and O–H groups in total. The zero-order valence-corrected chi connectivity index (χ0v) is 11.5. The number of halogens is 2. The summed E-state index contributed by atoms with van der Waals surface area (Å²) in [5.41, 5.74) is 1.68. The summed E-state index contributed by atoms with van der Waals surface area (Å²) in [5.74, 6) is -3.22. The molecule has 4 heteroatoms. The van der Waals surface area contributed by atoms with Crippen LogP contribution in [0.2, 0.25) is 0 Å². The molecule has 2 aromatic rings. The zero-order valence-electron chi connectivity index (χ0n) is 11.5. The maximum absolute atomic E-state index is 14.7. The molecule has 0 aromatic heterocycles. The topological polar surface area (TPSA) is 27.5 Å². The SMILES string of the molecule is Cc1cccc(C(F)(F)C2C=Cc3ccccc3[NH+]2[O-])c1. The van der Waals surface area contributed by atoms with Crippen LogP contribution >= 0.6 is 0 Å². The lowest BCUT2D eigenvalue weighted by Crippen LogP contribution is -3.08. The molecule has 2 atom stereocenters. The number of hydrogen-bond donors (Lipinski definition) is 1. The molecule has 0 spiro atoms. The van der Waals surface area contributed by atoms with E-state index in [-0.39, 0.29) is 5.56 Å². The number of fused-ring (bicyclic) bond motifs is 1. The average Bonchev–Trinajstić information content (AvgIpc) is 2.47. The van der Waals surface area contributed by atoms with Crippen molar-refractivity contribution in [2.24, 2.45) is 0 Å². The second-order valence-electron chi connectivity index (χ2n) is 5.28. The fraction of sp³-hybridized carbons (Fsp3) is 0.176. The number of quaternary nitrogens is 1. The number of para-hydroxylation sites is 1. The van der Waals surface area contributed by atoms with E-state index in [0.717, 1.165) is 5.56 Å². The Kier molecular flexibility index (Phi) is 3.35. The van der Waals surface area contributed by atoms with Gasteiger partial charge in [-0.05, 0) is 37.3 Å². The van der Waals surface area contributed by atoms with Gasteiger partial charge in [0.25, 0.3) is 0 Å². The molecule has 2 nitrogen and oxygen atoms in total. The Bertz CT molecular complexity index is 697. The van der Waals surface area contributed by atoms with E-state index in [0.29, 0.717) is 11.3 Å². The van der Waals surface area contributed by atoms with Crippen LogP contribution in [0, 0.1) is 12.1 Å². The average molecular weight is 287 g/mol. The third-order valence-corrected chi connectivity index (χ3v) is 3.77. The highest BCUT2D eigenvalue weighted by Crippen LogP contribution is 2.34. The van der Waals surface area contributed by atoms with Crippen LogP contribution in [-0.4, -0.2) is 6.04 Å². The van der Waals surface area contributed by atoms with E-state index < -0.39 is 17.0 Å². The van der Waals surface area contributed by atoms with Gasteiger partial charge in [-0.15, -0.1) is 0 Å². The third kappa shape index (κ3) is 2.37. The molecule has 2 aromatic carbocycles. The summed E-state index contributed by atoms with van der Waals surface area (Å²) < 4.78 is 29.4. The first kappa shape index (κ1) is 13.9. The molecule has 0 aliphatic carbocycles. The molecule has 0 amide bonds. The van der Waals surface area contributed by atoms with Gasteiger partial charge in [0.1, 0.15) is 5.69 Å². The summed E-state index contributed by atoms with van der Waals surface area (Å²) in [6.45, 7) is 1.76. The predicted molar refractivity (Wildman–Crippen MR) is 78.3 cm³/mol. The quantitative estimate of drug-likeness (QED) is 0.844. The summed E-state index contributed by atoms with van der Waals surface area (Å²) in [4.78, 5) is 0. The molecule has 1 heterocycles. The minimum atomic E-state index is -3.22. The van der Waals surface area contributed by atoms with Crippen LogP contribution in [0.5, 0.6) is 0 Å². The standard InChI is InChI=1S/C17H15F2NO/c1-12-5-4-7-14(11-12)17(18,19)16-10-9-13-6-2-3-8-15(13)20(16)21/h2-11,16,20H,1H3. The number of hydroxylamine groups is 1.